The fourth-order valence-electron chi connectivity index (χ4n) is 4.93. The van der Waals surface area contributed by atoms with E-state index < -0.39 is 6.36 Å². The minimum Gasteiger partial charge on any atom is -0.404 e. The number of aromatic nitrogens is 3. The molecule has 7 nitrogen and oxygen atoms in total. The third kappa shape index (κ3) is 5.35. The second kappa shape index (κ2) is 10.6. The predicted octanol–water partition coefficient (Wildman–Crippen LogP) is 6.56. The molecule has 2 aliphatic heterocycles. The van der Waals surface area contributed by atoms with Crippen LogP contribution in [0.4, 0.5) is 24.5 Å². The Morgan fingerprint density at radius 2 is 1.75 bits per heavy atom. The summed E-state index contributed by atoms with van der Waals surface area (Å²) in [6.45, 7) is 3.16. The molecule has 0 radical (unpaired) electrons. The Bertz CT molecular complexity index is 1710. The van der Waals surface area contributed by atoms with Crippen molar-refractivity contribution in [3.8, 4) is 22.8 Å². The van der Waals surface area contributed by atoms with Gasteiger partial charge in [0, 0.05) is 19.4 Å². The fraction of sp³-hybridized carbons (Fsp3) is 0.233. The average Bonchev–Trinajstić information content (AvgIpc) is 2.94. The van der Waals surface area contributed by atoms with E-state index in [1.54, 1.807) is 22.9 Å². The van der Waals surface area contributed by atoms with Crippen LogP contribution in [-0.4, -0.2) is 40.2 Å². The number of nitrogens with one attached hydrogen (secondary N) is 1. The number of anilines is 2. The van der Waals surface area contributed by atoms with E-state index in [-0.39, 0.29) is 17.5 Å². The van der Waals surface area contributed by atoms with Gasteiger partial charge in [0.05, 0.1) is 56.6 Å². The molecule has 204 valence electrons. The summed E-state index contributed by atoms with van der Waals surface area (Å²) >= 11 is 0. The number of pyridine rings is 1. The summed E-state index contributed by atoms with van der Waals surface area (Å²) in [5, 5.41) is 4.13. The number of ether oxygens (including phenoxy) is 2. The Labute approximate surface area is 228 Å². The zero-order valence-corrected chi connectivity index (χ0v) is 21.7. The molecule has 2 aromatic carbocycles. The monoisotopic (exact) mass is 545 g/mol. The number of aryl methyl sites for hydroxylation is 1. The summed E-state index contributed by atoms with van der Waals surface area (Å²) in [7, 11) is 0. The molecule has 3 heterocycles. The van der Waals surface area contributed by atoms with Crippen LogP contribution in [0.3, 0.4) is 0 Å². The normalized spacial score (nSPS) is 15.1. The molecular formula is C30H26F3N5O2. The van der Waals surface area contributed by atoms with Crippen LogP contribution in [0, 0.1) is 6.92 Å². The maximum absolute atomic E-state index is 13.4. The first kappa shape index (κ1) is 25.8. The highest BCUT2D eigenvalue weighted by molar-refractivity contribution is 5.85. The van der Waals surface area contributed by atoms with Gasteiger partial charge in [-0.3, -0.25) is 9.98 Å². The standard InChI is InChI=1S/C30H26F3N5O2/c1-19-21(8-6-14-34-19)36-23-17-25-28(18-24(23)35-20-12-15-39-16-13-20)38(26-9-3-2-7-22(26)37-25)27-10-4-5-11-29(27)40-30(31,32)33/h2-11,14,17-18,20,36H,12-13,15-16H2,1H3/b35-24+. The summed E-state index contributed by atoms with van der Waals surface area (Å²) < 4.78 is 51.9. The van der Waals surface area contributed by atoms with Crippen molar-refractivity contribution < 1.29 is 22.6 Å². The number of rotatable bonds is 5. The number of nitrogens with zero attached hydrogens (tertiary/aromatic N) is 4. The third-order valence-electron chi connectivity index (χ3n) is 6.82. The molecule has 0 bridgehead atoms. The molecule has 1 saturated heterocycles. The maximum atomic E-state index is 13.4. The van der Waals surface area contributed by atoms with Crippen molar-refractivity contribution in [1.29, 1.82) is 0 Å². The first-order valence-corrected chi connectivity index (χ1v) is 13.0. The van der Waals surface area contributed by atoms with Crippen molar-refractivity contribution in [3.63, 3.8) is 0 Å². The van der Waals surface area contributed by atoms with Gasteiger partial charge >= 0.3 is 6.36 Å². The third-order valence-corrected chi connectivity index (χ3v) is 6.82. The Morgan fingerprint density at radius 1 is 0.975 bits per heavy atom. The van der Waals surface area contributed by atoms with Gasteiger partial charge in [0.2, 0.25) is 0 Å². The molecule has 0 unspecified atom stereocenters. The number of halogens is 3. The van der Waals surface area contributed by atoms with Crippen LogP contribution >= 0.6 is 0 Å². The molecule has 1 aromatic heterocycles. The Morgan fingerprint density at radius 3 is 2.55 bits per heavy atom. The fourth-order valence-corrected chi connectivity index (χ4v) is 4.93. The maximum Gasteiger partial charge on any atom is 0.573 e. The van der Waals surface area contributed by atoms with Crippen molar-refractivity contribution in [2.24, 2.45) is 4.99 Å². The van der Waals surface area contributed by atoms with Crippen molar-refractivity contribution in [2.75, 3.05) is 18.5 Å². The van der Waals surface area contributed by atoms with E-state index in [9.17, 15) is 13.2 Å². The van der Waals surface area contributed by atoms with Gasteiger partial charge < -0.3 is 19.4 Å². The average molecular weight is 546 g/mol. The predicted molar refractivity (Wildman–Crippen MR) is 146 cm³/mol. The first-order chi connectivity index (χ1) is 19.4. The second-order valence-electron chi connectivity index (χ2n) is 9.54. The number of hydrogen-bond acceptors (Lipinski definition) is 6. The van der Waals surface area contributed by atoms with E-state index in [0.29, 0.717) is 41.0 Å². The molecule has 40 heavy (non-hydrogen) atoms. The molecule has 1 N–H and O–H groups in total. The van der Waals surface area contributed by atoms with Crippen LogP contribution in [-0.2, 0) is 4.74 Å². The minimum atomic E-state index is -4.85. The van der Waals surface area contributed by atoms with E-state index in [2.05, 4.69) is 15.0 Å². The summed E-state index contributed by atoms with van der Waals surface area (Å²) in [4.78, 5) is 14.3. The summed E-state index contributed by atoms with van der Waals surface area (Å²) in [6.07, 6.45) is -1.56. The van der Waals surface area contributed by atoms with Gasteiger partial charge in [-0.05, 0) is 68.3 Å². The second-order valence-corrected chi connectivity index (χ2v) is 9.54. The first-order valence-electron chi connectivity index (χ1n) is 13.0. The van der Waals surface area contributed by atoms with Crippen LogP contribution in [0.25, 0.3) is 28.1 Å². The van der Waals surface area contributed by atoms with Crippen molar-refractivity contribution in [2.45, 2.75) is 32.2 Å². The van der Waals surface area contributed by atoms with E-state index in [1.807, 2.05) is 55.5 Å². The van der Waals surface area contributed by atoms with Crippen LogP contribution in [0.2, 0.25) is 0 Å². The highest BCUT2D eigenvalue weighted by atomic mass is 19.4. The van der Waals surface area contributed by atoms with Gasteiger partial charge in [0.25, 0.3) is 0 Å². The van der Waals surface area contributed by atoms with Gasteiger partial charge in [0.15, 0.2) is 5.75 Å². The molecule has 3 aromatic rings. The van der Waals surface area contributed by atoms with Crippen molar-refractivity contribution in [1.82, 2.24) is 14.5 Å². The molecule has 10 heteroatoms. The van der Waals surface area contributed by atoms with E-state index in [1.165, 1.54) is 12.1 Å². The lowest BCUT2D eigenvalue weighted by Gasteiger charge is -2.23. The number of benzene rings is 3. The molecular weight excluding hydrogens is 519 g/mol. The van der Waals surface area contributed by atoms with Gasteiger partial charge in [-0.2, -0.15) is 0 Å². The Balaban J connectivity index is 1.64. The Hall–Kier alpha value is -4.44. The zero-order chi connectivity index (χ0) is 27.7. The molecule has 6 rings (SSSR count). The highest BCUT2D eigenvalue weighted by Gasteiger charge is 2.33. The molecule has 1 aliphatic carbocycles. The SMILES string of the molecule is Cc1ncccc1Nc1cc2nc3ccccc3n(-c3ccccc3OC(F)(F)F)c-2c/c1=N\C1CCOCC1. The van der Waals surface area contributed by atoms with Crippen molar-refractivity contribution in [3.05, 3.63) is 90.0 Å². The van der Waals surface area contributed by atoms with Gasteiger partial charge in [-0.1, -0.05) is 24.3 Å². The van der Waals surface area contributed by atoms with Gasteiger partial charge in [0.1, 0.15) is 0 Å². The molecule has 3 aliphatic rings. The lowest BCUT2D eigenvalue weighted by atomic mass is 10.1. The zero-order valence-electron chi connectivity index (χ0n) is 21.7. The van der Waals surface area contributed by atoms with Crippen LogP contribution < -0.4 is 15.4 Å². The largest absolute Gasteiger partial charge is 0.573 e. The highest BCUT2D eigenvalue weighted by Crippen LogP contribution is 2.36. The molecule has 0 atom stereocenters. The quantitative estimate of drug-likeness (QED) is 0.254. The van der Waals surface area contributed by atoms with Crippen LogP contribution in [0.1, 0.15) is 18.5 Å². The molecule has 0 amide bonds. The Kier molecular flexibility index (Phi) is 6.85. The van der Waals surface area contributed by atoms with Crippen molar-refractivity contribution >= 4 is 22.4 Å². The minimum absolute atomic E-state index is 0.0458. The van der Waals surface area contributed by atoms with Crippen LogP contribution in [0.5, 0.6) is 5.75 Å². The molecule has 0 spiro atoms. The topological polar surface area (TPSA) is 73.6 Å². The molecule has 0 saturated carbocycles. The lowest BCUT2D eigenvalue weighted by Crippen LogP contribution is -2.23. The molecule has 1 fully saturated rings. The summed E-state index contributed by atoms with van der Waals surface area (Å²) in [5.74, 6) is -0.311. The van der Waals surface area contributed by atoms with Crippen LogP contribution in [0.15, 0.2) is 84.0 Å². The van der Waals surface area contributed by atoms with E-state index in [0.717, 1.165) is 29.9 Å². The number of fused-ring (bicyclic) bond motifs is 2. The summed E-state index contributed by atoms with van der Waals surface area (Å²) in [6, 6.07) is 21.0. The van der Waals surface area contributed by atoms with E-state index in [4.69, 9.17) is 14.7 Å². The smallest absolute Gasteiger partial charge is 0.404 e. The lowest BCUT2D eigenvalue weighted by molar-refractivity contribution is -0.274. The number of hydrogen-bond donors (Lipinski definition) is 1. The van der Waals surface area contributed by atoms with Gasteiger partial charge in [-0.15, -0.1) is 13.2 Å². The summed E-state index contributed by atoms with van der Waals surface area (Å²) in [5.41, 5.74) is 5.03. The van der Waals surface area contributed by atoms with E-state index >= 15 is 0 Å². The number of alkyl halides is 3. The van der Waals surface area contributed by atoms with Gasteiger partial charge in [-0.25, -0.2) is 4.98 Å². The number of para-hydroxylation sites is 4.